The molecule has 0 unspecified atom stereocenters. The van der Waals surface area contributed by atoms with Gasteiger partial charge in [0.15, 0.2) is 0 Å². The van der Waals surface area contributed by atoms with Crippen LogP contribution in [0.5, 0.6) is 0 Å². The predicted octanol–water partition coefficient (Wildman–Crippen LogP) is 2.06. The Kier molecular flexibility index (Phi) is 4.69. The molecule has 0 spiro atoms. The molecular weight excluding hydrogens is 138 g/mol. The molecule has 2 heteroatoms. The summed E-state index contributed by atoms with van der Waals surface area (Å²) in [6.45, 7) is 0. The highest BCUT2D eigenvalue weighted by Gasteiger charge is 1.79. The largest absolute Gasteiger partial charge is 0.344 e. The first kappa shape index (κ1) is 9.59. The van der Waals surface area contributed by atoms with Gasteiger partial charge in [-0.15, -0.1) is 0 Å². The fourth-order valence-corrected chi connectivity index (χ4v) is 0.715. The fourth-order valence-electron chi connectivity index (χ4n) is 0.715. The first-order chi connectivity index (χ1) is 4.93. The molecule has 0 saturated heterocycles. The number of carbonyl (C=O) groups excluding carboxylic acids is 1. The van der Waals surface area contributed by atoms with Crippen molar-refractivity contribution in [1.29, 1.82) is 0 Å². The molecule has 0 aromatic heterocycles. The lowest BCUT2D eigenvalue weighted by Gasteiger charge is -1.86. The minimum atomic E-state index is 0. The maximum Gasteiger partial charge on any atom is 0.142 e. The maximum atomic E-state index is 9.89. The molecule has 11 heavy (non-hydrogen) atoms. The van der Waals surface area contributed by atoms with Crippen LogP contribution in [0.3, 0.4) is 0 Å². The lowest BCUT2D eigenvalue weighted by atomic mass is 10.2. The normalized spacial score (nSPS) is 9.09. The number of carbonyl (C=O) groups is 1. The van der Waals surface area contributed by atoms with Gasteiger partial charge in [-0.3, -0.25) is 4.79 Å². The van der Waals surface area contributed by atoms with Crippen LogP contribution in [0.1, 0.15) is 5.56 Å². The van der Waals surface area contributed by atoms with Crippen molar-refractivity contribution in [2.45, 2.75) is 0 Å². The molecule has 0 radical (unpaired) electrons. The maximum absolute atomic E-state index is 9.89. The Hall–Kier alpha value is -1.41. The molecule has 1 rings (SSSR count). The van der Waals surface area contributed by atoms with Crippen molar-refractivity contribution in [3.05, 3.63) is 42.0 Å². The molecule has 3 N–H and O–H groups in total. The first-order valence-corrected chi connectivity index (χ1v) is 3.10. The van der Waals surface area contributed by atoms with E-state index in [9.17, 15) is 4.79 Å². The molecule has 1 aromatic carbocycles. The summed E-state index contributed by atoms with van der Waals surface area (Å²) in [4.78, 5) is 9.89. The number of benzene rings is 1. The molecule has 2 nitrogen and oxygen atoms in total. The van der Waals surface area contributed by atoms with E-state index in [1.807, 2.05) is 30.3 Å². The van der Waals surface area contributed by atoms with E-state index in [1.54, 1.807) is 6.08 Å². The van der Waals surface area contributed by atoms with Gasteiger partial charge in [0.05, 0.1) is 0 Å². The van der Waals surface area contributed by atoms with Crippen LogP contribution in [0.15, 0.2) is 36.4 Å². The molecule has 0 saturated carbocycles. The summed E-state index contributed by atoms with van der Waals surface area (Å²) in [5.41, 5.74) is 1.05. The standard InChI is InChI=1S/C9H8O.H3N/c10-8-4-7-9-5-2-1-3-6-9;/h1-8H;1H3. The summed E-state index contributed by atoms with van der Waals surface area (Å²) >= 11 is 0. The van der Waals surface area contributed by atoms with Crippen molar-refractivity contribution < 1.29 is 4.79 Å². The van der Waals surface area contributed by atoms with Crippen LogP contribution in [-0.4, -0.2) is 6.29 Å². The third kappa shape index (κ3) is 3.33. The van der Waals surface area contributed by atoms with Crippen molar-refractivity contribution in [3.8, 4) is 0 Å². The highest BCUT2D eigenvalue weighted by Crippen LogP contribution is 1.99. The van der Waals surface area contributed by atoms with Gasteiger partial charge in [-0.1, -0.05) is 36.4 Å². The molecule has 0 heterocycles. The zero-order valence-corrected chi connectivity index (χ0v) is 6.23. The topological polar surface area (TPSA) is 52.1 Å². The van der Waals surface area contributed by atoms with Crippen molar-refractivity contribution in [2.75, 3.05) is 0 Å². The van der Waals surface area contributed by atoms with E-state index in [2.05, 4.69) is 0 Å². The highest BCUT2D eigenvalue weighted by molar-refractivity contribution is 5.73. The summed E-state index contributed by atoms with van der Waals surface area (Å²) in [5.74, 6) is 0. The van der Waals surface area contributed by atoms with E-state index >= 15 is 0 Å². The van der Waals surface area contributed by atoms with Gasteiger partial charge in [0.1, 0.15) is 6.29 Å². The van der Waals surface area contributed by atoms with Crippen molar-refractivity contribution in [3.63, 3.8) is 0 Å². The average molecular weight is 149 g/mol. The second-order valence-electron chi connectivity index (χ2n) is 1.91. The van der Waals surface area contributed by atoms with Crippen LogP contribution in [0.2, 0.25) is 0 Å². The zero-order valence-electron chi connectivity index (χ0n) is 6.23. The predicted molar refractivity (Wildman–Crippen MR) is 46.6 cm³/mol. The van der Waals surface area contributed by atoms with E-state index in [0.717, 1.165) is 11.8 Å². The third-order valence-corrected chi connectivity index (χ3v) is 1.17. The molecule has 0 aliphatic carbocycles. The zero-order chi connectivity index (χ0) is 7.23. The number of hydrogen-bond acceptors (Lipinski definition) is 2. The SMILES string of the molecule is N.O=CC=Cc1ccccc1. The van der Waals surface area contributed by atoms with Crippen LogP contribution in [0.4, 0.5) is 0 Å². The minimum absolute atomic E-state index is 0. The second-order valence-corrected chi connectivity index (χ2v) is 1.91. The number of allylic oxidation sites excluding steroid dienone is 1. The molecule has 0 atom stereocenters. The summed E-state index contributed by atoms with van der Waals surface area (Å²) in [6.07, 6.45) is 4.02. The van der Waals surface area contributed by atoms with E-state index in [0.29, 0.717) is 0 Å². The highest BCUT2D eigenvalue weighted by atomic mass is 16.1. The van der Waals surface area contributed by atoms with E-state index < -0.39 is 0 Å². The van der Waals surface area contributed by atoms with E-state index in [-0.39, 0.29) is 6.15 Å². The van der Waals surface area contributed by atoms with Crippen LogP contribution in [0, 0.1) is 0 Å². The van der Waals surface area contributed by atoms with Crippen LogP contribution in [-0.2, 0) is 4.79 Å². The lowest BCUT2D eigenvalue weighted by Crippen LogP contribution is -1.67. The average Bonchev–Trinajstić information content (AvgIpc) is 2.03. The Morgan fingerprint density at radius 1 is 1.09 bits per heavy atom. The van der Waals surface area contributed by atoms with Gasteiger partial charge in [0.2, 0.25) is 0 Å². The third-order valence-electron chi connectivity index (χ3n) is 1.17. The van der Waals surface area contributed by atoms with Gasteiger partial charge in [-0.25, -0.2) is 0 Å². The molecule has 0 fully saturated rings. The molecule has 0 bridgehead atoms. The molecule has 1 aromatic rings. The van der Waals surface area contributed by atoms with Crippen LogP contribution in [0.25, 0.3) is 6.08 Å². The Morgan fingerprint density at radius 3 is 2.27 bits per heavy atom. The Morgan fingerprint density at radius 2 is 1.73 bits per heavy atom. The Labute approximate surface area is 66.1 Å². The molecule has 0 aliphatic rings. The van der Waals surface area contributed by atoms with Gasteiger partial charge in [-0.05, 0) is 11.6 Å². The van der Waals surface area contributed by atoms with Crippen LogP contribution >= 0.6 is 0 Å². The smallest absolute Gasteiger partial charge is 0.142 e. The van der Waals surface area contributed by atoms with Gasteiger partial charge in [0.25, 0.3) is 0 Å². The van der Waals surface area contributed by atoms with Crippen molar-refractivity contribution in [2.24, 2.45) is 0 Å². The monoisotopic (exact) mass is 149 g/mol. The summed E-state index contributed by atoms with van der Waals surface area (Å²) in [7, 11) is 0. The first-order valence-electron chi connectivity index (χ1n) is 3.10. The summed E-state index contributed by atoms with van der Waals surface area (Å²) < 4.78 is 0. The van der Waals surface area contributed by atoms with E-state index in [1.165, 1.54) is 6.08 Å². The Balaban J connectivity index is 0.000001000. The number of rotatable bonds is 2. The lowest BCUT2D eigenvalue weighted by molar-refractivity contribution is -0.104. The summed E-state index contributed by atoms with van der Waals surface area (Å²) in [6, 6.07) is 9.70. The number of hydrogen-bond donors (Lipinski definition) is 1. The van der Waals surface area contributed by atoms with Crippen molar-refractivity contribution in [1.82, 2.24) is 6.15 Å². The molecular formula is C9H11NO. The molecule has 0 amide bonds. The van der Waals surface area contributed by atoms with Gasteiger partial charge in [0, 0.05) is 0 Å². The number of aldehydes is 1. The molecule has 58 valence electrons. The fraction of sp³-hybridized carbons (Fsp3) is 0. The van der Waals surface area contributed by atoms with Gasteiger partial charge < -0.3 is 6.15 Å². The van der Waals surface area contributed by atoms with Gasteiger partial charge in [-0.2, -0.15) is 0 Å². The Bertz CT molecular complexity index is 229. The second kappa shape index (κ2) is 5.38. The quantitative estimate of drug-likeness (QED) is 0.517. The van der Waals surface area contributed by atoms with E-state index in [4.69, 9.17) is 0 Å². The van der Waals surface area contributed by atoms with Crippen LogP contribution < -0.4 is 6.15 Å². The minimum Gasteiger partial charge on any atom is -0.344 e. The van der Waals surface area contributed by atoms with Crippen molar-refractivity contribution >= 4 is 12.4 Å². The van der Waals surface area contributed by atoms with Gasteiger partial charge >= 0.3 is 0 Å². The molecule has 0 aliphatic heterocycles. The summed E-state index contributed by atoms with van der Waals surface area (Å²) in [5, 5.41) is 0.